The predicted molar refractivity (Wildman–Crippen MR) is 111 cm³/mol. The number of ether oxygens (including phenoxy) is 1. The molecule has 0 heterocycles. The number of benzene rings is 2. The third kappa shape index (κ3) is 6.59. The molecule has 5 nitrogen and oxygen atoms in total. The molecule has 1 atom stereocenters. The Hall–Kier alpha value is -2.89. The fourth-order valence-corrected chi connectivity index (χ4v) is 2.96. The number of carbonyl (C=O) groups excluding carboxylic acids is 2. The molecule has 156 valence electrons. The minimum atomic E-state index is -0.697. The number of hydrogen-bond acceptors (Lipinski definition) is 3. The quantitative estimate of drug-likeness (QED) is 0.734. The highest BCUT2D eigenvalue weighted by molar-refractivity contribution is 5.88. The Morgan fingerprint density at radius 1 is 1.07 bits per heavy atom. The van der Waals surface area contributed by atoms with Gasteiger partial charge in [-0.2, -0.15) is 0 Å². The van der Waals surface area contributed by atoms with Crippen LogP contribution >= 0.6 is 0 Å². The highest BCUT2D eigenvalue weighted by atomic mass is 19.1. The molecule has 0 radical (unpaired) electrons. The van der Waals surface area contributed by atoms with Crippen molar-refractivity contribution >= 4 is 11.8 Å². The van der Waals surface area contributed by atoms with E-state index >= 15 is 0 Å². The minimum Gasteiger partial charge on any atom is -0.483 e. The molecule has 2 aromatic carbocycles. The highest BCUT2D eigenvalue weighted by Gasteiger charge is 2.27. The standard InChI is InChI=1S/C23H29FN2O3/c1-15(2)25-23(28)18(5)26(13-19-7-9-20(24)10-8-19)22(27)14-29-21-11-6-16(3)12-17(21)4/h6-12,15,18H,13-14H2,1-5H3,(H,25,28). The van der Waals surface area contributed by atoms with E-state index in [-0.39, 0.29) is 36.8 Å². The lowest BCUT2D eigenvalue weighted by Gasteiger charge is -2.29. The number of nitrogens with zero attached hydrogens (tertiary/aromatic N) is 1. The summed E-state index contributed by atoms with van der Waals surface area (Å²) in [4.78, 5) is 26.9. The first kappa shape index (κ1) is 22.4. The van der Waals surface area contributed by atoms with Gasteiger partial charge in [0.05, 0.1) is 0 Å². The number of nitrogens with one attached hydrogen (secondary N) is 1. The summed E-state index contributed by atoms with van der Waals surface area (Å²) in [6, 6.07) is 10.9. The minimum absolute atomic E-state index is 0.0424. The van der Waals surface area contributed by atoms with Crippen molar-refractivity contribution < 1.29 is 18.7 Å². The van der Waals surface area contributed by atoms with E-state index < -0.39 is 6.04 Å². The molecule has 29 heavy (non-hydrogen) atoms. The molecule has 0 saturated carbocycles. The molecule has 0 aliphatic carbocycles. The lowest BCUT2D eigenvalue weighted by molar-refractivity contribution is -0.142. The maximum atomic E-state index is 13.2. The molecule has 0 spiro atoms. The van der Waals surface area contributed by atoms with Crippen LogP contribution in [0, 0.1) is 19.7 Å². The van der Waals surface area contributed by atoms with Gasteiger partial charge in [0, 0.05) is 12.6 Å². The first-order valence-corrected chi connectivity index (χ1v) is 9.71. The van der Waals surface area contributed by atoms with Crippen LogP contribution in [0.5, 0.6) is 5.75 Å². The van der Waals surface area contributed by atoms with E-state index in [1.165, 1.54) is 17.0 Å². The van der Waals surface area contributed by atoms with E-state index in [1.54, 1.807) is 19.1 Å². The van der Waals surface area contributed by atoms with E-state index in [0.717, 1.165) is 16.7 Å². The third-order valence-corrected chi connectivity index (χ3v) is 4.55. The number of carbonyl (C=O) groups is 2. The van der Waals surface area contributed by atoms with E-state index in [9.17, 15) is 14.0 Å². The van der Waals surface area contributed by atoms with E-state index in [0.29, 0.717) is 5.75 Å². The van der Waals surface area contributed by atoms with Crippen molar-refractivity contribution in [2.75, 3.05) is 6.61 Å². The summed E-state index contributed by atoms with van der Waals surface area (Å²) in [5.74, 6) is -0.289. The molecule has 1 unspecified atom stereocenters. The van der Waals surface area contributed by atoms with Crippen LogP contribution in [0.2, 0.25) is 0 Å². The van der Waals surface area contributed by atoms with Crippen molar-refractivity contribution in [1.29, 1.82) is 0 Å². The number of amides is 2. The topological polar surface area (TPSA) is 58.6 Å². The average Bonchev–Trinajstić information content (AvgIpc) is 2.65. The molecule has 6 heteroatoms. The van der Waals surface area contributed by atoms with Gasteiger partial charge in [-0.1, -0.05) is 29.8 Å². The Morgan fingerprint density at radius 3 is 2.31 bits per heavy atom. The van der Waals surface area contributed by atoms with Crippen molar-refractivity contribution in [3.05, 3.63) is 65.0 Å². The Bertz CT molecular complexity index is 850. The van der Waals surface area contributed by atoms with Crippen LogP contribution in [-0.2, 0) is 16.1 Å². The highest BCUT2D eigenvalue weighted by Crippen LogP contribution is 2.19. The molecule has 2 rings (SSSR count). The Labute approximate surface area is 171 Å². The summed E-state index contributed by atoms with van der Waals surface area (Å²) < 4.78 is 18.9. The molecular formula is C23H29FN2O3. The molecule has 0 aliphatic heterocycles. The van der Waals surface area contributed by atoms with Gasteiger partial charge in [-0.05, 0) is 63.9 Å². The van der Waals surface area contributed by atoms with Crippen LogP contribution in [-0.4, -0.2) is 35.4 Å². The molecule has 0 fully saturated rings. The Kier molecular flexibility index (Phi) is 7.76. The van der Waals surface area contributed by atoms with Gasteiger partial charge >= 0.3 is 0 Å². The molecule has 2 aromatic rings. The van der Waals surface area contributed by atoms with Crippen molar-refractivity contribution in [2.45, 2.75) is 53.2 Å². The second kappa shape index (κ2) is 10.0. The fraction of sp³-hybridized carbons (Fsp3) is 0.391. The predicted octanol–water partition coefficient (Wildman–Crippen LogP) is 3.76. The zero-order chi connectivity index (χ0) is 21.6. The van der Waals surface area contributed by atoms with Crippen LogP contribution in [0.15, 0.2) is 42.5 Å². The monoisotopic (exact) mass is 400 g/mol. The van der Waals surface area contributed by atoms with Crippen molar-refractivity contribution in [3.63, 3.8) is 0 Å². The van der Waals surface area contributed by atoms with E-state index in [1.807, 2.05) is 45.9 Å². The molecular weight excluding hydrogens is 371 g/mol. The van der Waals surface area contributed by atoms with Gasteiger partial charge in [-0.25, -0.2) is 4.39 Å². The largest absolute Gasteiger partial charge is 0.483 e. The van der Waals surface area contributed by atoms with E-state index in [2.05, 4.69) is 5.32 Å². The van der Waals surface area contributed by atoms with Crippen LogP contribution in [0.1, 0.15) is 37.5 Å². The van der Waals surface area contributed by atoms with Gasteiger partial charge in [0.25, 0.3) is 5.91 Å². The molecule has 0 bridgehead atoms. The lowest BCUT2D eigenvalue weighted by atomic mass is 10.1. The summed E-state index contributed by atoms with van der Waals surface area (Å²) in [7, 11) is 0. The van der Waals surface area contributed by atoms with Gasteiger partial charge < -0.3 is 15.0 Å². The first-order valence-electron chi connectivity index (χ1n) is 9.71. The smallest absolute Gasteiger partial charge is 0.261 e. The summed E-state index contributed by atoms with van der Waals surface area (Å²) in [5.41, 5.74) is 2.78. The van der Waals surface area contributed by atoms with Gasteiger partial charge in [0.15, 0.2) is 6.61 Å². The average molecular weight is 400 g/mol. The van der Waals surface area contributed by atoms with Gasteiger partial charge in [-0.15, -0.1) is 0 Å². The molecule has 2 amide bonds. The van der Waals surface area contributed by atoms with Gasteiger partial charge in [-0.3, -0.25) is 9.59 Å². The number of rotatable bonds is 8. The van der Waals surface area contributed by atoms with Gasteiger partial charge in [0.1, 0.15) is 17.6 Å². The SMILES string of the molecule is Cc1ccc(OCC(=O)N(Cc2ccc(F)cc2)C(C)C(=O)NC(C)C)c(C)c1. The van der Waals surface area contributed by atoms with Crippen LogP contribution < -0.4 is 10.1 Å². The molecule has 0 aliphatic rings. The molecule has 0 aromatic heterocycles. The third-order valence-electron chi connectivity index (χ3n) is 4.55. The maximum Gasteiger partial charge on any atom is 0.261 e. The zero-order valence-corrected chi connectivity index (χ0v) is 17.7. The van der Waals surface area contributed by atoms with Crippen LogP contribution in [0.4, 0.5) is 4.39 Å². The Balaban J connectivity index is 2.16. The lowest BCUT2D eigenvalue weighted by Crippen LogP contribution is -2.50. The van der Waals surface area contributed by atoms with Crippen molar-refractivity contribution in [3.8, 4) is 5.75 Å². The second-order valence-electron chi connectivity index (χ2n) is 7.54. The molecule has 1 N–H and O–H groups in total. The van der Waals surface area contributed by atoms with Crippen molar-refractivity contribution in [2.24, 2.45) is 0 Å². The summed E-state index contributed by atoms with van der Waals surface area (Å²) in [6.45, 7) is 9.30. The normalized spacial score (nSPS) is 11.8. The number of hydrogen-bond donors (Lipinski definition) is 1. The van der Waals surface area contributed by atoms with E-state index in [4.69, 9.17) is 4.74 Å². The summed E-state index contributed by atoms with van der Waals surface area (Å²) in [5, 5.41) is 2.83. The van der Waals surface area contributed by atoms with Crippen molar-refractivity contribution in [1.82, 2.24) is 10.2 Å². The molecule has 0 saturated heterocycles. The Morgan fingerprint density at radius 2 is 1.72 bits per heavy atom. The number of aryl methyl sites for hydroxylation is 2. The summed E-state index contributed by atoms with van der Waals surface area (Å²) in [6.07, 6.45) is 0. The van der Waals surface area contributed by atoms with Crippen LogP contribution in [0.3, 0.4) is 0 Å². The summed E-state index contributed by atoms with van der Waals surface area (Å²) >= 11 is 0. The fourth-order valence-electron chi connectivity index (χ4n) is 2.96. The van der Waals surface area contributed by atoms with Gasteiger partial charge in [0.2, 0.25) is 5.91 Å². The van der Waals surface area contributed by atoms with Crippen LogP contribution in [0.25, 0.3) is 0 Å². The second-order valence-corrected chi connectivity index (χ2v) is 7.54. The zero-order valence-electron chi connectivity index (χ0n) is 17.7. The number of halogens is 1. The maximum absolute atomic E-state index is 13.2. The first-order chi connectivity index (χ1) is 13.7.